The minimum Gasteiger partial charge on any atom is -0.497 e. The maximum atomic E-state index is 7.17. The fourth-order valence-corrected chi connectivity index (χ4v) is 0.942. The maximum absolute atomic E-state index is 7.17. The van der Waals surface area contributed by atoms with Gasteiger partial charge in [0.2, 0.25) is 0 Å². The van der Waals surface area contributed by atoms with Crippen molar-refractivity contribution in [2.45, 2.75) is 13.0 Å². The van der Waals surface area contributed by atoms with E-state index in [4.69, 9.17) is 20.6 Å². The highest BCUT2D eigenvalue weighted by Gasteiger charge is 2.06. The standard InChI is InChI=1S/C10H14N2O2/c1-7(10(11)12)14-9-5-3-4-8(6-9)13-2/h3-7H,1-2H3,(H3,11,12). The monoisotopic (exact) mass is 194 g/mol. The van der Waals surface area contributed by atoms with Crippen molar-refractivity contribution in [1.29, 1.82) is 5.41 Å². The summed E-state index contributed by atoms with van der Waals surface area (Å²) >= 11 is 0. The Balaban J connectivity index is 2.71. The summed E-state index contributed by atoms with van der Waals surface area (Å²) in [6, 6.07) is 7.19. The van der Waals surface area contributed by atoms with Crippen molar-refractivity contribution in [3.05, 3.63) is 24.3 Å². The molecular weight excluding hydrogens is 180 g/mol. The van der Waals surface area contributed by atoms with Crippen LogP contribution < -0.4 is 15.2 Å². The van der Waals surface area contributed by atoms with Crippen LogP contribution >= 0.6 is 0 Å². The first kappa shape index (κ1) is 10.4. The van der Waals surface area contributed by atoms with Crippen molar-refractivity contribution < 1.29 is 9.47 Å². The molecule has 0 aromatic heterocycles. The molecule has 1 aromatic rings. The summed E-state index contributed by atoms with van der Waals surface area (Å²) in [4.78, 5) is 0. The van der Waals surface area contributed by atoms with Crippen LogP contribution in [-0.4, -0.2) is 19.0 Å². The van der Waals surface area contributed by atoms with Gasteiger partial charge in [0.1, 0.15) is 17.3 Å². The van der Waals surface area contributed by atoms with E-state index in [2.05, 4.69) is 0 Å². The molecule has 1 atom stereocenters. The van der Waals surface area contributed by atoms with Crippen molar-refractivity contribution in [3.63, 3.8) is 0 Å². The van der Waals surface area contributed by atoms with Crippen molar-refractivity contribution in [2.24, 2.45) is 5.73 Å². The molecule has 0 aliphatic carbocycles. The van der Waals surface area contributed by atoms with Gasteiger partial charge < -0.3 is 15.2 Å². The van der Waals surface area contributed by atoms with Gasteiger partial charge in [0, 0.05) is 6.07 Å². The first-order chi connectivity index (χ1) is 6.63. The van der Waals surface area contributed by atoms with E-state index in [1.807, 2.05) is 12.1 Å². The summed E-state index contributed by atoms with van der Waals surface area (Å²) in [6.07, 6.45) is -0.415. The Morgan fingerprint density at radius 1 is 1.43 bits per heavy atom. The molecule has 1 aromatic carbocycles. The van der Waals surface area contributed by atoms with Crippen LogP contribution in [0.5, 0.6) is 11.5 Å². The molecule has 0 radical (unpaired) electrons. The molecule has 0 heterocycles. The van der Waals surface area contributed by atoms with Crippen molar-refractivity contribution in [1.82, 2.24) is 0 Å². The van der Waals surface area contributed by atoms with Crippen molar-refractivity contribution in [3.8, 4) is 11.5 Å². The molecule has 0 saturated carbocycles. The second-order valence-corrected chi connectivity index (χ2v) is 2.89. The number of benzene rings is 1. The number of ether oxygens (including phenoxy) is 2. The van der Waals surface area contributed by atoms with E-state index in [0.717, 1.165) is 5.75 Å². The second-order valence-electron chi connectivity index (χ2n) is 2.89. The number of hydrogen-bond acceptors (Lipinski definition) is 3. The van der Waals surface area contributed by atoms with Gasteiger partial charge in [0.05, 0.1) is 7.11 Å². The Bertz CT molecular complexity index is 326. The predicted octanol–water partition coefficient (Wildman–Crippen LogP) is 1.40. The average Bonchev–Trinajstić information content (AvgIpc) is 2.18. The summed E-state index contributed by atoms with van der Waals surface area (Å²) in [5.41, 5.74) is 5.28. The lowest BCUT2D eigenvalue weighted by molar-refractivity contribution is 0.283. The molecule has 4 heteroatoms. The van der Waals surface area contributed by atoms with Crippen LogP contribution in [0.1, 0.15) is 6.92 Å². The highest BCUT2D eigenvalue weighted by atomic mass is 16.5. The van der Waals surface area contributed by atoms with Gasteiger partial charge >= 0.3 is 0 Å². The molecular formula is C10H14N2O2. The normalized spacial score (nSPS) is 11.9. The minimum absolute atomic E-state index is 0.00724. The van der Waals surface area contributed by atoms with Crippen LogP contribution in [0.25, 0.3) is 0 Å². The largest absolute Gasteiger partial charge is 0.497 e. The summed E-state index contributed by atoms with van der Waals surface area (Å²) in [6.45, 7) is 1.72. The maximum Gasteiger partial charge on any atom is 0.152 e. The molecule has 3 N–H and O–H groups in total. The summed E-state index contributed by atoms with van der Waals surface area (Å²) in [5, 5.41) is 7.17. The molecule has 0 aliphatic rings. The zero-order valence-corrected chi connectivity index (χ0v) is 8.28. The van der Waals surface area contributed by atoms with E-state index in [0.29, 0.717) is 5.75 Å². The number of amidine groups is 1. The third kappa shape index (κ3) is 2.65. The third-order valence-corrected chi connectivity index (χ3v) is 1.79. The van der Waals surface area contributed by atoms with Crippen molar-refractivity contribution in [2.75, 3.05) is 7.11 Å². The molecule has 1 rings (SSSR count). The van der Waals surface area contributed by atoms with Crippen LogP contribution in [0.15, 0.2) is 24.3 Å². The Hall–Kier alpha value is -1.71. The molecule has 14 heavy (non-hydrogen) atoms. The highest BCUT2D eigenvalue weighted by molar-refractivity contribution is 5.81. The van der Waals surface area contributed by atoms with Gasteiger partial charge in [-0.15, -0.1) is 0 Å². The highest BCUT2D eigenvalue weighted by Crippen LogP contribution is 2.19. The minimum atomic E-state index is -0.415. The van der Waals surface area contributed by atoms with E-state index < -0.39 is 6.10 Å². The summed E-state index contributed by atoms with van der Waals surface area (Å²) in [5.74, 6) is 1.37. The van der Waals surface area contributed by atoms with Gasteiger partial charge in [-0.1, -0.05) is 6.07 Å². The van der Waals surface area contributed by atoms with E-state index in [-0.39, 0.29) is 5.84 Å². The Labute approximate surface area is 83.1 Å². The van der Waals surface area contributed by atoms with Crippen LogP contribution in [0.2, 0.25) is 0 Å². The predicted molar refractivity (Wildman–Crippen MR) is 55.0 cm³/mol. The van der Waals surface area contributed by atoms with Crippen LogP contribution in [0, 0.1) is 5.41 Å². The molecule has 0 bridgehead atoms. The van der Waals surface area contributed by atoms with Crippen LogP contribution in [0.4, 0.5) is 0 Å². The van der Waals surface area contributed by atoms with Gasteiger partial charge in [0.15, 0.2) is 6.10 Å². The first-order valence-electron chi connectivity index (χ1n) is 4.28. The van der Waals surface area contributed by atoms with Crippen molar-refractivity contribution >= 4 is 5.84 Å². The topological polar surface area (TPSA) is 68.3 Å². The third-order valence-electron chi connectivity index (χ3n) is 1.79. The fraction of sp³-hybridized carbons (Fsp3) is 0.300. The van der Waals surface area contributed by atoms with Gasteiger partial charge in [-0.2, -0.15) is 0 Å². The summed E-state index contributed by atoms with van der Waals surface area (Å²) < 4.78 is 10.4. The van der Waals surface area contributed by atoms with Gasteiger partial charge in [-0.3, -0.25) is 5.41 Å². The summed E-state index contributed by atoms with van der Waals surface area (Å²) in [7, 11) is 1.59. The molecule has 0 amide bonds. The van der Waals surface area contributed by atoms with E-state index in [1.165, 1.54) is 0 Å². The van der Waals surface area contributed by atoms with Gasteiger partial charge in [-0.05, 0) is 19.1 Å². The lowest BCUT2D eigenvalue weighted by Crippen LogP contribution is -2.29. The van der Waals surface area contributed by atoms with Crippen LogP contribution in [-0.2, 0) is 0 Å². The SMILES string of the molecule is COc1cccc(OC(C)C(=N)N)c1. The van der Waals surface area contributed by atoms with Crippen LogP contribution in [0.3, 0.4) is 0 Å². The van der Waals surface area contributed by atoms with Gasteiger partial charge in [0.25, 0.3) is 0 Å². The first-order valence-corrected chi connectivity index (χ1v) is 4.28. The quantitative estimate of drug-likeness (QED) is 0.562. The zero-order chi connectivity index (χ0) is 10.6. The molecule has 0 aliphatic heterocycles. The zero-order valence-electron chi connectivity index (χ0n) is 8.28. The number of hydrogen-bond donors (Lipinski definition) is 2. The Morgan fingerprint density at radius 3 is 2.64 bits per heavy atom. The molecule has 76 valence electrons. The average molecular weight is 194 g/mol. The lowest BCUT2D eigenvalue weighted by Gasteiger charge is -2.13. The van der Waals surface area contributed by atoms with Gasteiger partial charge in [-0.25, -0.2) is 0 Å². The molecule has 4 nitrogen and oxygen atoms in total. The lowest BCUT2D eigenvalue weighted by atomic mass is 10.3. The molecule has 0 saturated heterocycles. The fourth-order valence-electron chi connectivity index (χ4n) is 0.942. The van der Waals surface area contributed by atoms with E-state index in [1.54, 1.807) is 26.2 Å². The number of nitrogens with one attached hydrogen (secondary N) is 1. The Morgan fingerprint density at radius 2 is 2.07 bits per heavy atom. The smallest absolute Gasteiger partial charge is 0.152 e. The number of rotatable bonds is 4. The molecule has 0 fully saturated rings. The molecule has 0 spiro atoms. The second kappa shape index (κ2) is 4.50. The van der Waals surface area contributed by atoms with E-state index in [9.17, 15) is 0 Å². The van der Waals surface area contributed by atoms with E-state index >= 15 is 0 Å². The Kier molecular flexibility index (Phi) is 3.34. The number of methoxy groups -OCH3 is 1. The number of nitrogens with two attached hydrogens (primary N) is 1. The molecule has 1 unspecified atom stereocenters.